The molecule has 3 aromatic carbocycles. The van der Waals surface area contributed by atoms with Crippen molar-refractivity contribution < 1.29 is 29.0 Å². The number of anilines is 1. The van der Waals surface area contributed by atoms with Crippen LogP contribution in [0.3, 0.4) is 0 Å². The maximum absolute atomic E-state index is 12.5. The molecule has 0 aliphatic rings. The van der Waals surface area contributed by atoms with E-state index in [-0.39, 0.29) is 34.1 Å². The number of nitrogens with one attached hydrogen (secondary N) is 2. The van der Waals surface area contributed by atoms with Crippen molar-refractivity contribution in [2.24, 2.45) is 5.10 Å². The van der Waals surface area contributed by atoms with Crippen LogP contribution in [-0.2, 0) is 0 Å². The number of carbonyl (C=O) groups excluding carboxylic acids is 2. The number of aromatic carboxylic acids is 1. The Hall–Kier alpha value is -4.66. The van der Waals surface area contributed by atoms with Gasteiger partial charge in [0, 0.05) is 22.4 Å². The van der Waals surface area contributed by atoms with Crippen molar-refractivity contribution in [1.29, 1.82) is 0 Å². The molecule has 0 aliphatic carbocycles. The summed E-state index contributed by atoms with van der Waals surface area (Å²) in [4.78, 5) is 36.5. The van der Waals surface area contributed by atoms with Gasteiger partial charge in [-0.3, -0.25) is 9.59 Å². The van der Waals surface area contributed by atoms with E-state index in [1.54, 1.807) is 42.5 Å². The van der Waals surface area contributed by atoms with Crippen molar-refractivity contribution in [1.82, 2.24) is 5.43 Å². The molecule has 3 aromatic rings. The van der Waals surface area contributed by atoms with E-state index >= 15 is 0 Å². The fourth-order valence-corrected chi connectivity index (χ4v) is 3.03. The lowest BCUT2D eigenvalue weighted by Crippen LogP contribution is -2.18. The largest absolute Gasteiger partial charge is 0.493 e. The molecule has 0 unspecified atom stereocenters. The normalized spacial score (nSPS) is 10.5. The van der Waals surface area contributed by atoms with Gasteiger partial charge in [0.25, 0.3) is 11.8 Å². The smallest absolute Gasteiger partial charge is 0.340 e. The molecule has 9 nitrogen and oxygen atoms in total. The summed E-state index contributed by atoms with van der Waals surface area (Å²) in [7, 11) is 2.73. The van der Waals surface area contributed by atoms with E-state index in [0.717, 1.165) is 0 Å². The molecule has 0 fully saturated rings. The maximum Gasteiger partial charge on any atom is 0.340 e. The summed E-state index contributed by atoms with van der Waals surface area (Å²) < 4.78 is 10.3. The summed E-state index contributed by atoms with van der Waals surface area (Å²) in [5, 5.41) is 16.1. The molecule has 2 amide bonds. The van der Waals surface area contributed by atoms with Crippen molar-refractivity contribution in [2.45, 2.75) is 0 Å². The van der Waals surface area contributed by atoms with E-state index in [9.17, 15) is 19.5 Å². The Balaban J connectivity index is 1.73. The Morgan fingerprint density at radius 1 is 0.879 bits per heavy atom. The van der Waals surface area contributed by atoms with Crippen LogP contribution in [0.2, 0.25) is 0 Å². The highest BCUT2D eigenvalue weighted by atomic mass is 16.5. The Labute approximate surface area is 189 Å². The van der Waals surface area contributed by atoms with Crippen LogP contribution in [-0.4, -0.2) is 43.3 Å². The van der Waals surface area contributed by atoms with Crippen LogP contribution >= 0.6 is 0 Å². The minimum absolute atomic E-state index is 0.0436. The summed E-state index contributed by atoms with van der Waals surface area (Å²) >= 11 is 0. The van der Waals surface area contributed by atoms with Crippen LogP contribution in [0, 0.1) is 0 Å². The molecule has 0 atom stereocenters. The minimum Gasteiger partial charge on any atom is -0.493 e. The number of methoxy groups -OCH3 is 2. The van der Waals surface area contributed by atoms with Crippen molar-refractivity contribution in [3.05, 3.63) is 89.0 Å². The highest BCUT2D eigenvalue weighted by molar-refractivity contribution is 6.05. The van der Waals surface area contributed by atoms with Gasteiger partial charge in [-0.15, -0.1) is 0 Å². The lowest BCUT2D eigenvalue weighted by molar-refractivity contribution is 0.0692. The zero-order valence-corrected chi connectivity index (χ0v) is 17.9. The minimum atomic E-state index is -1.24. The average Bonchev–Trinajstić information content (AvgIpc) is 2.83. The predicted octanol–water partition coefficient (Wildman–Crippen LogP) is 3.42. The van der Waals surface area contributed by atoms with Crippen LogP contribution < -0.4 is 20.2 Å². The second kappa shape index (κ2) is 10.6. The van der Waals surface area contributed by atoms with Gasteiger partial charge in [0.2, 0.25) is 0 Å². The number of amides is 2. The molecule has 0 bridgehead atoms. The molecular formula is C24H21N3O6. The molecule has 0 radical (unpaired) electrons. The number of carbonyl (C=O) groups is 3. The molecule has 0 spiro atoms. The third-order valence-electron chi connectivity index (χ3n) is 4.58. The molecule has 0 saturated heterocycles. The molecule has 0 aromatic heterocycles. The third-order valence-corrected chi connectivity index (χ3v) is 4.58. The van der Waals surface area contributed by atoms with Gasteiger partial charge in [0.15, 0.2) is 11.5 Å². The van der Waals surface area contributed by atoms with Crippen molar-refractivity contribution in [3.8, 4) is 11.5 Å². The zero-order chi connectivity index (χ0) is 23.8. The Bertz CT molecular complexity index is 1210. The summed E-state index contributed by atoms with van der Waals surface area (Å²) in [6, 6.07) is 18.0. The van der Waals surface area contributed by atoms with Gasteiger partial charge >= 0.3 is 5.97 Å². The van der Waals surface area contributed by atoms with Gasteiger partial charge in [-0.1, -0.05) is 24.3 Å². The zero-order valence-electron chi connectivity index (χ0n) is 17.9. The van der Waals surface area contributed by atoms with E-state index in [0.29, 0.717) is 11.3 Å². The van der Waals surface area contributed by atoms with Gasteiger partial charge in [-0.05, 0) is 42.5 Å². The molecular weight excluding hydrogens is 426 g/mol. The van der Waals surface area contributed by atoms with Gasteiger partial charge in [-0.25, -0.2) is 10.2 Å². The Kier molecular flexibility index (Phi) is 7.38. The van der Waals surface area contributed by atoms with Crippen LogP contribution in [0.15, 0.2) is 71.8 Å². The molecule has 3 N–H and O–H groups in total. The number of hydrogen-bond acceptors (Lipinski definition) is 6. The summed E-state index contributed by atoms with van der Waals surface area (Å²) in [5.74, 6) is -1.78. The molecule has 33 heavy (non-hydrogen) atoms. The first-order valence-corrected chi connectivity index (χ1v) is 9.72. The van der Waals surface area contributed by atoms with Gasteiger partial charge in [-0.2, -0.15) is 5.10 Å². The van der Waals surface area contributed by atoms with E-state index in [1.807, 2.05) is 6.07 Å². The number of ether oxygens (including phenoxy) is 2. The van der Waals surface area contributed by atoms with Crippen LogP contribution in [0.1, 0.15) is 36.6 Å². The van der Waals surface area contributed by atoms with Crippen molar-refractivity contribution in [3.63, 3.8) is 0 Å². The summed E-state index contributed by atoms with van der Waals surface area (Å²) in [6.07, 6.45) is 1.20. The highest BCUT2D eigenvalue weighted by Gasteiger charge is 2.20. The van der Waals surface area contributed by atoms with E-state index in [1.165, 1.54) is 38.6 Å². The van der Waals surface area contributed by atoms with Gasteiger partial charge < -0.3 is 19.9 Å². The lowest BCUT2D eigenvalue weighted by Gasteiger charge is -2.12. The SMILES string of the molecule is COc1ccc(/C=N\NC(=O)c2cccc(NC(=O)c3ccccc3)c2)c(C(=O)O)c1OC. The van der Waals surface area contributed by atoms with Crippen LogP contribution in [0.25, 0.3) is 0 Å². The van der Waals surface area contributed by atoms with Crippen LogP contribution in [0.4, 0.5) is 5.69 Å². The molecule has 168 valence electrons. The summed E-state index contributed by atoms with van der Waals surface area (Å²) in [5.41, 5.74) is 3.58. The maximum atomic E-state index is 12.5. The second-order valence-corrected chi connectivity index (χ2v) is 6.67. The fourth-order valence-electron chi connectivity index (χ4n) is 3.03. The number of hydrazone groups is 1. The molecule has 0 saturated carbocycles. The lowest BCUT2D eigenvalue weighted by atomic mass is 10.1. The summed E-state index contributed by atoms with van der Waals surface area (Å²) in [6.45, 7) is 0. The molecule has 9 heteroatoms. The number of nitrogens with zero attached hydrogens (tertiary/aromatic N) is 1. The highest BCUT2D eigenvalue weighted by Crippen LogP contribution is 2.32. The fraction of sp³-hybridized carbons (Fsp3) is 0.0833. The topological polar surface area (TPSA) is 126 Å². The molecule has 3 rings (SSSR count). The number of hydrogen-bond donors (Lipinski definition) is 3. The van der Waals surface area contributed by atoms with Crippen molar-refractivity contribution >= 4 is 29.7 Å². The Morgan fingerprint density at radius 2 is 1.61 bits per heavy atom. The van der Waals surface area contributed by atoms with Gasteiger partial charge in [0.1, 0.15) is 5.56 Å². The third kappa shape index (κ3) is 5.53. The quantitative estimate of drug-likeness (QED) is 0.359. The van der Waals surface area contributed by atoms with E-state index in [2.05, 4.69) is 15.8 Å². The second-order valence-electron chi connectivity index (χ2n) is 6.67. The average molecular weight is 447 g/mol. The van der Waals surface area contributed by atoms with Gasteiger partial charge in [0.05, 0.1) is 20.4 Å². The first kappa shape index (κ1) is 23.0. The monoisotopic (exact) mass is 447 g/mol. The van der Waals surface area contributed by atoms with Crippen molar-refractivity contribution in [2.75, 3.05) is 19.5 Å². The molecule has 0 aliphatic heterocycles. The van der Waals surface area contributed by atoms with Crippen LogP contribution in [0.5, 0.6) is 11.5 Å². The van der Waals surface area contributed by atoms with E-state index < -0.39 is 11.9 Å². The number of benzene rings is 3. The first-order valence-electron chi connectivity index (χ1n) is 9.72. The standard InChI is InChI=1S/C24H21N3O6/c1-32-19-12-11-17(20(24(30)31)21(19)33-2)14-25-27-23(29)16-9-6-10-18(13-16)26-22(28)15-7-4-3-5-8-15/h3-14H,1-2H3,(H,26,28)(H,27,29)(H,30,31)/b25-14-. The van der Waals surface area contributed by atoms with E-state index in [4.69, 9.17) is 9.47 Å². The first-order chi connectivity index (χ1) is 15.9. The number of carboxylic acid groups (broad SMARTS) is 1. The number of rotatable bonds is 8. The predicted molar refractivity (Wildman–Crippen MR) is 122 cm³/mol. The molecule has 0 heterocycles. The number of carboxylic acids is 1. The Morgan fingerprint density at radius 3 is 2.27 bits per heavy atom.